The Hall–Kier alpha value is -0.900. The number of hydrogen-bond acceptors (Lipinski definition) is 3. The van der Waals surface area contributed by atoms with E-state index >= 15 is 0 Å². The lowest BCUT2D eigenvalue weighted by molar-refractivity contribution is -0.179. The highest BCUT2D eigenvalue weighted by atomic mass is 16.7. The lowest BCUT2D eigenvalue weighted by Gasteiger charge is -2.07. The van der Waals surface area contributed by atoms with Crippen LogP contribution in [0.25, 0.3) is 0 Å². The summed E-state index contributed by atoms with van der Waals surface area (Å²) in [6.07, 6.45) is 0.569. The maximum Gasteiger partial charge on any atom is 0.253 e. The third-order valence-electron chi connectivity index (χ3n) is 1.19. The fraction of sp³-hybridized carbons (Fsp3) is 0.778. The topological polar surface area (TPSA) is 46.6 Å². The summed E-state index contributed by atoms with van der Waals surface area (Å²) in [4.78, 5) is 25.7. The standard InChI is InChI=1S/C5H7NO3.2C2H6/c1-9-6-4(7)2-3-5(6)8;2*1-2/h2-3H2,1H3;2*1-2H3. The van der Waals surface area contributed by atoms with Crippen molar-refractivity contribution in [2.45, 2.75) is 40.5 Å². The second-order valence-corrected chi connectivity index (χ2v) is 1.76. The van der Waals surface area contributed by atoms with Crippen molar-refractivity contribution in [3.8, 4) is 0 Å². The molecule has 0 spiro atoms. The summed E-state index contributed by atoms with van der Waals surface area (Å²) in [6.45, 7) is 8.00. The van der Waals surface area contributed by atoms with Crippen LogP contribution in [0.5, 0.6) is 0 Å². The van der Waals surface area contributed by atoms with Gasteiger partial charge in [-0.25, -0.2) is 0 Å². The van der Waals surface area contributed by atoms with E-state index in [9.17, 15) is 9.59 Å². The van der Waals surface area contributed by atoms with Crippen LogP contribution in [0.15, 0.2) is 0 Å². The molecule has 2 amide bonds. The molecule has 1 saturated heterocycles. The van der Waals surface area contributed by atoms with Crippen molar-refractivity contribution in [1.82, 2.24) is 5.06 Å². The van der Waals surface area contributed by atoms with Gasteiger partial charge in [-0.1, -0.05) is 27.7 Å². The molecule has 0 aromatic rings. The molecule has 1 aliphatic rings. The number of nitrogens with zero attached hydrogens (tertiary/aromatic N) is 1. The molecule has 1 rings (SSSR count). The Kier molecular flexibility index (Phi) is 10.3. The van der Waals surface area contributed by atoms with Gasteiger partial charge in [0.1, 0.15) is 0 Å². The van der Waals surface area contributed by atoms with E-state index < -0.39 is 0 Å². The summed E-state index contributed by atoms with van der Waals surface area (Å²) < 4.78 is 0. The molecule has 0 radical (unpaired) electrons. The zero-order valence-corrected chi connectivity index (χ0v) is 9.09. The summed E-state index contributed by atoms with van der Waals surface area (Å²) in [5.74, 6) is -0.495. The summed E-state index contributed by atoms with van der Waals surface area (Å²) in [5, 5.41) is 0.792. The molecule has 0 aromatic carbocycles. The quantitative estimate of drug-likeness (QED) is 0.590. The minimum atomic E-state index is -0.248. The Morgan fingerprint density at radius 3 is 1.46 bits per heavy atom. The number of carbonyl (C=O) groups is 2. The predicted molar refractivity (Wildman–Crippen MR) is 50.8 cm³/mol. The first-order valence-electron chi connectivity index (χ1n) is 4.65. The Morgan fingerprint density at radius 1 is 1.00 bits per heavy atom. The van der Waals surface area contributed by atoms with Gasteiger partial charge in [-0.2, -0.15) is 5.06 Å². The molecule has 4 nitrogen and oxygen atoms in total. The molecule has 0 unspecified atom stereocenters. The van der Waals surface area contributed by atoms with Crippen LogP contribution in [0.3, 0.4) is 0 Å². The Balaban J connectivity index is 0. The molecule has 0 saturated carbocycles. The van der Waals surface area contributed by atoms with Gasteiger partial charge in [-0.15, -0.1) is 0 Å². The van der Waals surface area contributed by atoms with Crippen molar-refractivity contribution in [3.63, 3.8) is 0 Å². The van der Waals surface area contributed by atoms with Gasteiger partial charge in [-0.3, -0.25) is 14.4 Å². The first-order chi connectivity index (χ1) is 6.25. The monoisotopic (exact) mass is 189 g/mol. The molecule has 78 valence electrons. The van der Waals surface area contributed by atoms with E-state index in [4.69, 9.17) is 0 Å². The average Bonchev–Trinajstić information content (AvgIpc) is 2.52. The molecule has 0 bridgehead atoms. The van der Waals surface area contributed by atoms with E-state index in [0.29, 0.717) is 0 Å². The van der Waals surface area contributed by atoms with Gasteiger partial charge in [0.2, 0.25) is 0 Å². The molecule has 4 heteroatoms. The van der Waals surface area contributed by atoms with E-state index in [-0.39, 0.29) is 24.7 Å². The molecular weight excluding hydrogens is 170 g/mol. The van der Waals surface area contributed by atoms with E-state index in [0.717, 1.165) is 5.06 Å². The summed E-state index contributed by atoms with van der Waals surface area (Å²) in [7, 11) is 1.31. The van der Waals surface area contributed by atoms with Gasteiger partial charge < -0.3 is 0 Å². The predicted octanol–water partition coefficient (Wildman–Crippen LogP) is 1.75. The van der Waals surface area contributed by atoms with Gasteiger partial charge >= 0.3 is 0 Å². The Morgan fingerprint density at radius 2 is 1.31 bits per heavy atom. The summed E-state index contributed by atoms with van der Waals surface area (Å²) >= 11 is 0. The van der Waals surface area contributed by atoms with Crippen molar-refractivity contribution in [3.05, 3.63) is 0 Å². The first kappa shape index (κ1) is 14.6. The van der Waals surface area contributed by atoms with E-state index in [2.05, 4.69) is 4.84 Å². The SMILES string of the molecule is CC.CC.CON1C(=O)CCC1=O. The maximum absolute atomic E-state index is 10.6. The van der Waals surface area contributed by atoms with Crippen molar-refractivity contribution in [1.29, 1.82) is 0 Å². The van der Waals surface area contributed by atoms with Crippen LogP contribution < -0.4 is 0 Å². The average molecular weight is 189 g/mol. The molecule has 0 atom stereocenters. The molecule has 0 N–H and O–H groups in total. The Labute approximate surface area is 79.8 Å². The van der Waals surface area contributed by atoms with Crippen LogP contribution in [0.4, 0.5) is 0 Å². The smallest absolute Gasteiger partial charge is 0.253 e. The lowest BCUT2D eigenvalue weighted by Crippen LogP contribution is -2.27. The van der Waals surface area contributed by atoms with E-state index in [1.54, 1.807) is 0 Å². The number of hydrogen-bond donors (Lipinski definition) is 0. The zero-order valence-electron chi connectivity index (χ0n) is 9.09. The number of hydroxylamine groups is 2. The van der Waals surface area contributed by atoms with Gasteiger partial charge in [0.25, 0.3) is 11.8 Å². The van der Waals surface area contributed by atoms with Crippen molar-refractivity contribution >= 4 is 11.8 Å². The fourth-order valence-electron chi connectivity index (χ4n) is 0.760. The molecule has 1 fully saturated rings. The van der Waals surface area contributed by atoms with Gasteiger partial charge in [-0.05, 0) is 0 Å². The third kappa shape index (κ3) is 4.62. The highest BCUT2D eigenvalue weighted by molar-refractivity contribution is 6.00. The summed E-state index contributed by atoms with van der Waals surface area (Å²) in [5.41, 5.74) is 0. The largest absolute Gasteiger partial charge is 0.272 e. The number of imide groups is 1. The van der Waals surface area contributed by atoms with Gasteiger partial charge in [0, 0.05) is 12.8 Å². The van der Waals surface area contributed by atoms with Crippen LogP contribution in [0.1, 0.15) is 40.5 Å². The minimum absolute atomic E-state index is 0.248. The van der Waals surface area contributed by atoms with Crippen LogP contribution in [-0.4, -0.2) is 24.0 Å². The molecule has 13 heavy (non-hydrogen) atoms. The second kappa shape index (κ2) is 9.19. The molecule has 0 aromatic heterocycles. The maximum atomic E-state index is 10.6. The lowest BCUT2D eigenvalue weighted by atomic mass is 10.4. The van der Waals surface area contributed by atoms with Crippen LogP contribution >= 0.6 is 0 Å². The molecule has 0 aliphatic carbocycles. The van der Waals surface area contributed by atoms with Crippen LogP contribution in [-0.2, 0) is 14.4 Å². The number of carbonyl (C=O) groups excluding carboxylic acids is 2. The Bertz CT molecular complexity index is 141. The normalized spacial score (nSPS) is 14.4. The van der Waals surface area contributed by atoms with E-state index in [1.165, 1.54) is 7.11 Å². The number of rotatable bonds is 1. The molecule has 1 aliphatic heterocycles. The van der Waals surface area contributed by atoms with Crippen molar-refractivity contribution in [2.24, 2.45) is 0 Å². The highest BCUT2D eigenvalue weighted by Gasteiger charge is 2.28. The summed E-state index contributed by atoms with van der Waals surface area (Å²) in [6, 6.07) is 0. The molecule has 1 heterocycles. The first-order valence-corrected chi connectivity index (χ1v) is 4.65. The number of amides is 2. The van der Waals surface area contributed by atoms with Gasteiger partial charge in [0.05, 0.1) is 7.11 Å². The van der Waals surface area contributed by atoms with Crippen molar-refractivity contribution < 1.29 is 14.4 Å². The van der Waals surface area contributed by atoms with E-state index in [1.807, 2.05) is 27.7 Å². The fourth-order valence-corrected chi connectivity index (χ4v) is 0.760. The minimum Gasteiger partial charge on any atom is -0.272 e. The van der Waals surface area contributed by atoms with Gasteiger partial charge in [0.15, 0.2) is 0 Å². The van der Waals surface area contributed by atoms with Crippen LogP contribution in [0, 0.1) is 0 Å². The van der Waals surface area contributed by atoms with Crippen molar-refractivity contribution in [2.75, 3.05) is 7.11 Å². The third-order valence-corrected chi connectivity index (χ3v) is 1.19. The molecular formula is C9H19NO3. The highest BCUT2D eigenvalue weighted by Crippen LogP contribution is 2.10. The van der Waals surface area contributed by atoms with Crippen LogP contribution in [0.2, 0.25) is 0 Å². The second-order valence-electron chi connectivity index (χ2n) is 1.76. The zero-order chi connectivity index (χ0) is 10.9.